The lowest BCUT2D eigenvalue weighted by Gasteiger charge is -2.10. The summed E-state index contributed by atoms with van der Waals surface area (Å²) >= 11 is 5.79. The lowest BCUT2D eigenvalue weighted by Crippen LogP contribution is -2.14. The second-order valence-corrected chi connectivity index (χ2v) is 7.16. The Labute approximate surface area is 197 Å². The summed E-state index contributed by atoms with van der Waals surface area (Å²) in [6, 6.07) is 4.89. The fraction of sp³-hybridized carbons (Fsp3) is 0.250. The number of amides is 1. The van der Waals surface area contributed by atoms with E-state index < -0.39 is 64.8 Å². The second kappa shape index (κ2) is 10.5. The number of halogens is 9. The van der Waals surface area contributed by atoms with Gasteiger partial charge in [0.15, 0.2) is 5.82 Å². The number of benzene rings is 2. The van der Waals surface area contributed by atoms with Crippen LogP contribution in [0.5, 0.6) is 5.75 Å². The highest BCUT2D eigenvalue weighted by Crippen LogP contribution is 2.33. The van der Waals surface area contributed by atoms with Crippen molar-refractivity contribution >= 4 is 23.2 Å². The molecule has 0 saturated heterocycles. The predicted octanol–water partition coefficient (Wildman–Crippen LogP) is 6.35. The minimum atomic E-state index is -4.82. The molecule has 0 fully saturated rings. The first-order valence-electron chi connectivity index (χ1n) is 9.38. The number of phenols is 1. The van der Waals surface area contributed by atoms with Crippen LogP contribution in [-0.2, 0) is 13.2 Å². The molecule has 15 heteroatoms. The number of hydrogen-bond acceptors (Lipinski definition) is 4. The van der Waals surface area contributed by atoms with E-state index in [4.69, 9.17) is 11.6 Å². The zero-order chi connectivity index (χ0) is 26.7. The van der Waals surface area contributed by atoms with Gasteiger partial charge in [0.05, 0.1) is 21.8 Å². The van der Waals surface area contributed by atoms with E-state index in [1.807, 2.05) is 0 Å². The van der Waals surface area contributed by atoms with Crippen LogP contribution < -0.4 is 5.32 Å². The van der Waals surface area contributed by atoms with Crippen molar-refractivity contribution in [2.75, 3.05) is 5.32 Å². The minimum Gasteiger partial charge on any atom is -0.507 e. The highest BCUT2D eigenvalue weighted by atomic mass is 35.5. The van der Waals surface area contributed by atoms with Crippen molar-refractivity contribution in [1.82, 2.24) is 14.8 Å². The van der Waals surface area contributed by atoms with Gasteiger partial charge in [-0.1, -0.05) is 24.6 Å². The van der Waals surface area contributed by atoms with Crippen molar-refractivity contribution in [3.63, 3.8) is 0 Å². The smallest absolute Gasteiger partial charge is 0.451 e. The van der Waals surface area contributed by atoms with Crippen molar-refractivity contribution in [1.29, 1.82) is 0 Å². The van der Waals surface area contributed by atoms with Crippen molar-refractivity contribution in [2.24, 2.45) is 7.05 Å². The van der Waals surface area contributed by atoms with Gasteiger partial charge in [-0.25, -0.2) is 18.4 Å². The van der Waals surface area contributed by atoms with Crippen LogP contribution in [0.2, 0.25) is 5.02 Å². The molecule has 0 saturated carbocycles. The van der Waals surface area contributed by atoms with E-state index in [0.29, 0.717) is 16.8 Å². The standard InChI is InChI=1S/C17H10ClF5N4O2.C3H5F3/c1-27-16(17(21,22)23)25-14(26-27)7-6-12(28)8(5-11(7)20)15(29)24-13-9(18)3-2-4-10(13)19;1-2-3(4,5)6/h2-6,28H,1H3,(H,24,29);2H2,1H3. The first-order valence-corrected chi connectivity index (χ1v) is 9.76. The van der Waals surface area contributed by atoms with Gasteiger partial charge in [-0.05, 0) is 24.3 Å². The van der Waals surface area contributed by atoms with E-state index in [1.54, 1.807) is 0 Å². The topological polar surface area (TPSA) is 80.0 Å². The van der Waals surface area contributed by atoms with Gasteiger partial charge in [0, 0.05) is 13.5 Å². The SMILES string of the molecule is CCC(F)(F)F.Cn1nc(-c2cc(O)c(C(=O)Nc3c(F)cccc3Cl)cc2F)nc1C(F)(F)F. The van der Waals surface area contributed by atoms with E-state index in [0.717, 1.165) is 20.0 Å². The number of aryl methyl sites for hydroxylation is 1. The summed E-state index contributed by atoms with van der Waals surface area (Å²) in [6.07, 6.45) is -9.51. The molecule has 0 aliphatic rings. The van der Waals surface area contributed by atoms with Crippen LogP contribution in [0, 0.1) is 11.6 Å². The molecular weight excluding hydrogens is 516 g/mol. The highest BCUT2D eigenvalue weighted by Gasteiger charge is 2.37. The maximum atomic E-state index is 14.4. The fourth-order valence-electron chi connectivity index (χ4n) is 2.46. The van der Waals surface area contributed by atoms with E-state index in [1.165, 1.54) is 12.1 Å². The maximum Gasteiger partial charge on any atom is 0.451 e. The molecule has 1 aromatic heterocycles. The molecule has 0 aliphatic carbocycles. The summed E-state index contributed by atoms with van der Waals surface area (Å²) in [5, 5.41) is 15.5. The quantitative estimate of drug-likeness (QED) is 0.387. The zero-order valence-electron chi connectivity index (χ0n) is 17.7. The van der Waals surface area contributed by atoms with Crippen LogP contribution >= 0.6 is 11.6 Å². The molecule has 6 nitrogen and oxygen atoms in total. The summed E-state index contributed by atoms with van der Waals surface area (Å²) in [6.45, 7) is 1.08. The molecule has 35 heavy (non-hydrogen) atoms. The Kier molecular flexibility index (Phi) is 8.31. The molecule has 0 radical (unpaired) electrons. The Morgan fingerprint density at radius 2 is 1.71 bits per heavy atom. The second-order valence-electron chi connectivity index (χ2n) is 6.75. The Morgan fingerprint density at radius 3 is 2.20 bits per heavy atom. The maximum absolute atomic E-state index is 14.4. The number of carbonyl (C=O) groups is 1. The summed E-state index contributed by atoms with van der Waals surface area (Å²) in [7, 11) is 0.969. The normalized spacial score (nSPS) is 11.6. The number of alkyl halides is 6. The van der Waals surface area contributed by atoms with Gasteiger partial charge in [0.25, 0.3) is 5.91 Å². The van der Waals surface area contributed by atoms with E-state index >= 15 is 0 Å². The molecule has 0 bridgehead atoms. The summed E-state index contributed by atoms with van der Waals surface area (Å²) in [5.41, 5.74) is -1.55. The predicted molar refractivity (Wildman–Crippen MR) is 109 cm³/mol. The first kappa shape index (κ1) is 27.8. The number of nitrogens with one attached hydrogen (secondary N) is 1. The molecular formula is C20H15ClF8N4O2. The molecule has 1 heterocycles. The van der Waals surface area contributed by atoms with Crippen LogP contribution in [0.3, 0.4) is 0 Å². The van der Waals surface area contributed by atoms with Gasteiger partial charge >= 0.3 is 12.4 Å². The number of hydrogen-bond donors (Lipinski definition) is 2. The number of carbonyl (C=O) groups excluding carboxylic acids is 1. The molecule has 0 aliphatic heterocycles. The van der Waals surface area contributed by atoms with Gasteiger partial charge in [-0.2, -0.15) is 31.4 Å². The average molecular weight is 531 g/mol. The van der Waals surface area contributed by atoms with Crippen molar-refractivity contribution in [3.05, 3.63) is 58.4 Å². The van der Waals surface area contributed by atoms with Gasteiger partial charge in [-0.3, -0.25) is 4.79 Å². The van der Waals surface area contributed by atoms with Crippen LogP contribution in [0.1, 0.15) is 29.5 Å². The highest BCUT2D eigenvalue weighted by molar-refractivity contribution is 6.34. The number of anilines is 1. The first-order chi connectivity index (χ1) is 16.0. The van der Waals surface area contributed by atoms with Crippen LogP contribution in [0.15, 0.2) is 30.3 Å². The molecule has 1 amide bonds. The Bertz CT molecular complexity index is 1200. The molecule has 190 valence electrons. The lowest BCUT2D eigenvalue weighted by atomic mass is 10.1. The third kappa shape index (κ3) is 7.04. The van der Waals surface area contributed by atoms with Gasteiger partial charge in [0.1, 0.15) is 17.4 Å². The third-order valence-corrected chi connectivity index (χ3v) is 4.50. The Balaban J connectivity index is 0.000000641. The number of aromatic hydroxyl groups is 1. The largest absolute Gasteiger partial charge is 0.507 e. The van der Waals surface area contributed by atoms with Crippen LogP contribution in [-0.4, -0.2) is 32.0 Å². The van der Waals surface area contributed by atoms with Gasteiger partial charge in [0.2, 0.25) is 5.82 Å². The van der Waals surface area contributed by atoms with Crippen LogP contribution in [0.25, 0.3) is 11.4 Å². The summed E-state index contributed by atoms with van der Waals surface area (Å²) in [5.74, 6) is -5.93. The van der Waals surface area contributed by atoms with Gasteiger partial charge in [-0.15, -0.1) is 0 Å². The molecule has 0 spiro atoms. The van der Waals surface area contributed by atoms with Crippen LogP contribution in [0.4, 0.5) is 40.8 Å². The number of nitrogens with zero attached hydrogens (tertiary/aromatic N) is 3. The fourth-order valence-corrected chi connectivity index (χ4v) is 2.67. The number of para-hydroxylation sites is 1. The minimum absolute atomic E-state index is 0.132. The molecule has 2 aromatic carbocycles. The Hall–Kier alpha value is -3.42. The van der Waals surface area contributed by atoms with Crippen molar-refractivity contribution in [3.8, 4) is 17.1 Å². The summed E-state index contributed by atoms with van der Waals surface area (Å²) < 4.78 is 99.5. The third-order valence-electron chi connectivity index (χ3n) is 4.19. The van der Waals surface area contributed by atoms with Gasteiger partial charge < -0.3 is 10.4 Å². The molecule has 0 unspecified atom stereocenters. The number of rotatable bonds is 3. The van der Waals surface area contributed by atoms with E-state index in [9.17, 15) is 45.0 Å². The molecule has 3 rings (SSSR count). The van der Waals surface area contributed by atoms with E-state index in [-0.39, 0.29) is 10.7 Å². The summed E-state index contributed by atoms with van der Waals surface area (Å²) in [4.78, 5) is 15.5. The van der Waals surface area contributed by atoms with Crippen molar-refractivity contribution in [2.45, 2.75) is 25.7 Å². The lowest BCUT2D eigenvalue weighted by molar-refractivity contribution is -0.147. The molecule has 2 N–H and O–H groups in total. The van der Waals surface area contributed by atoms with E-state index in [2.05, 4.69) is 15.4 Å². The molecule has 3 aromatic rings. The van der Waals surface area contributed by atoms with Crippen molar-refractivity contribution < 1.29 is 45.0 Å². The number of aromatic nitrogens is 3. The number of phenolic OH excluding ortho intramolecular Hbond substituents is 1. The Morgan fingerprint density at radius 1 is 1.11 bits per heavy atom. The average Bonchev–Trinajstić information content (AvgIpc) is 3.14. The zero-order valence-corrected chi connectivity index (χ0v) is 18.4. The molecule has 0 atom stereocenters. The monoisotopic (exact) mass is 530 g/mol.